The van der Waals surface area contributed by atoms with Gasteiger partial charge in [-0.25, -0.2) is 0 Å². The highest BCUT2D eigenvalue weighted by molar-refractivity contribution is 6.30. The van der Waals surface area contributed by atoms with E-state index in [1.54, 1.807) is 0 Å². The van der Waals surface area contributed by atoms with Crippen LogP contribution in [0.5, 0.6) is 5.75 Å². The van der Waals surface area contributed by atoms with E-state index in [1.807, 2.05) is 39.0 Å². The molecular formula is C15H25Cl2NO2. The van der Waals surface area contributed by atoms with Gasteiger partial charge in [0.25, 0.3) is 0 Å². The molecule has 0 spiro atoms. The molecule has 0 aliphatic rings. The van der Waals surface area contributed by atoms with Gasteiger partial charge in [0.15, 0.2) is 0 Å². The van der Waals surface area contributed by atoms with Crippen LogP contribution in [0.3, 0.4) is 0 Å². The summed E-state index contributed by atoms with van der Waals surface area (Å²) in [6.07, 6.45) is 1.31. The Bertz CT molecular complexity index is 373. The first-order chi connectivity index (χ1) is 9.13. The first-order valence-electron chi connectivity index (χ1n) is 6.87. The van der Waals surface area contributed by atoms with Crippen LogP contribution in [0.4, 0.5) is 0 Å². The van der Waals surface area contributed by atoms with Gasteiger partial charge in [0, 0.05) is 23.7 Å². The number of halogens is 2. The maximum Gasteiger partial charge on any atom is 0.123 e. The highest BCUT2D eigenvalue weighted by Gasteiger charge is 2.04. The molecule has 0 amide bonds. The molecule has 0 atom stereocenters. The molecule has 0 bridgehead atoms. The maximum absolute atomic E-state index is 6.01. The highest BCUT2D eigenvalue weighted by Crippen LogP contribution is 2.22. The lowest BCUT2D eigenvalue weighted by Gasteiger charge is -2.12. The summed E-state index contributed by atoms with van der Waals surface area (Å²) in [6.45, 7) is 9.22. The number of hydrogen-bond donors (Lipinski definition) is 1. The van der Waals surface area contributed by atoms with Gasteiger partial charge in [-0.2, -0.15) is 0 Å². The van der Waals surface area contributed by atoms with Gasteiger partial charge >= 0.3 is 0 Å². The molecule has 0 saturated carbocycles. The van der Waals surface area contributed by atoms with Crippen molar-refractivity contribution < 1.29 is 9.47 Å². The molecular weight excluding hydrogens is 297 g/mol. The largest absolute Gasteiger partial charge is 0.494 e. The van der Waals surface area contributed by atoms with Crippen molar-refractivity contribution in [3.05, 3.63) is 28.8 Å². The maximum atomic E-state index is 6.01. The van der Waals surface area contributed by atoms with E-state index in [2.05, 4.69) is 5.32 Å². The standard InChI is InChI=1S/C15H24ClNO2.ClH/c1-4-18-15-7-6-14(16)10-13(15)11-17-8-5-9-19-12(2)3;/h6-7,10,12,17H,4-5,8-9,11H2,1-3H3;1H. The van der Waals surface area contributed by atoms with Gasteiger partial charge in [0.05, 0.1) is 12.7 Å². The third kappa shape index (κ3) is 7.95. The van der Waals surface area contributed by atoms with E-state index in [9.17, 15) is 0 Å². The molecule has 0 heterocycles. The van der Waals surface area contributed by atoms with E-state index < -0.39 is 0 Å². The van der Waals surface area contributed by atoms with Crippen LogP contribution in [-0.2, 0) is 11.3 Å². The minimum atomic E-state index is 0. The molecule has 5 heteroatoms. The lowest BCUT2D eigenvalue weighted by Crippen LogP contribution is -2.18. The molecule has 1 aromatic carbocycles. The lowest BCUT2D eigenvalue weighted by molar-refractivity contribution is 0.0770. The molecule has 0 aliphatic carbocycles. The Labute approximate surface area is 133 Å². The van der Waals surface area contributed by atoms with Crippen molar-refractivity contribution in [3.63, 3.8) is 0 Å². The average molecular weight is 322 g/mol. The summed E-state index contributed by atoms with van der Waals surface area (Å²) < 4.78 is 11.1. The van der Waals surface area contributed by atoms with Crippen LogP contribution in [0.2, 0.25) is 5.02 Å². The minimum Gasteiger partial charge on any atom is -0.494 e. The highest BCUT2D eigenvalue weighted by atomic mass is 35.5. The lowest BCUT2D eigenvalue weighted by atomic mass is 10.2. The molecule has 0 saturated heterocycles. The second-order valence-electron chi connectivity index (χ2n) is 4.63. The van der Waals surface area contributed by atoms with Crippen LogP contribution < -0.4 is 10.1 Å². The van der Waals surface area contributed by atoms with Gasteiger partial charge in [-0.05, 0) is 51.9 Å². The topological polar surface area (TPSA) is 30.5 Å². The van der Waals surface area contributed by atoms with E-state index in [0.717, 1.165) is 42.5 Å². The van der Waals surface area contributed by atoms with Crippen molar-refractivity contribution in [2.45, 2.75) is 39.8 Å². The minimum absolute atomic E-state index is 0. The van der Waals surface area contributed by atoms with Gasteiger partial charge in [-0.3, -0.25) is 0 Å². The van der Waals surface area contributed by atoms with Crippen molar-refractivity contribution in [2.24, 2.45) is 0 Å². The molecule has 1 N–H and O–H groups in total. The Morgan fingerprint density at radius 3 is 2.70 bits per heavy atom. The zero-order valence-electron chi connectivity index (χ0n) is 12.4. The van der Waals surface area contributed by atoms with Gasteiger partial charge in [-0.1, -0.05) is 11.6 Å². The molecule has 0 fully saturated rings. The zero-order valence-corrected chi connectivity index (χ0v) is 14.0. The van der Waals surface area contributed by atoms with Gasteiger partial charge in [-0.15, -0.1) is 12.4 Å². The molecule has 1 rings (SSSR count). The van der Waals surface area contributed by atoms with Crippen LogP contribution in [-0.4, -0.2) is 25.9 Å². The Balaban J connectivity index is 0.00000361. The van der Waals surface area contributed by atoms with Crippen LogP contribution in [0.25, 0.3) is 0 Å². The van der Waals surface area contributed by atoms with E-state index in [-0.39, 0.29) is 12.4 Å². The van der Waals surface area contributed by atoms with Gasteiger partial charge < -0.3 is 14.8 Å². The zero-order chi connectivity index (χ0) is 14.1. The monoisotopic (exact) mass is 321 g/mol. The summed E-state index contributed by atoms with van der Waals surface area (Å²) in [5.41, 5.74) is 1.10. The summed E-state index contributed by atoms with van der Waals surface area (Å²) in [6, 6.07) is 5.72. The van der Waals surface area contributed by atoms with Crippen molar-refractivity contribution in [3.8, 4) is 5.75 Å². The number of nitrogens with one attached hydrogen (secondary N) is 1. The second-order valence-corrected chi connectivity index (χ2v) is 5.07. The fraction of sp³-hybridized carbons (Fsp3) is 0.600. The predicted molar refractivity (Wildman–Crippen MR) is 87.3 cm³/mol. The van der Waals surface area contributed by atoms with E-state index in [0.29, 0.717) is 12.7 Å². The number of ether oxygens (including phenoxy) is 2. The van der Waals surface area contributed by atoms with Crippen LogP contribution in [0.15, 0.2) is 18.2 Å². The van der Waals surface area contributed by atoms with Gasteiger partial charge in [0.2, 0.25) is 0 Å². The Morgan fingerprint density at radius 2 is 2.05 bits per heavy atom. The Kier molecular flexibility index (Phi) is 10.9. The van der Waals surface area contributed by atoms with E-state index in [1.165, 1.54) is 0 Å². The second kappa shape index (κ2) is 11.2. The van der Waals surface area contributed by atoms with Crippen molar-refractivity contribution >= 4 is 24.0 Å². The van der Waals surface area contributed by atoms with Crippen LogP contribution >= 0.6 is 24.0 Å². The van der Waals surface area contributed by atoms with Crippen molar-refractivity contribution in [2.75, 3.05) is 19.8 Å². The first-order valence-corrected chi connectivity index (χ1v) is 7.24. The SMILES string of the molecule is CCOc1ccc(Cl)cc1CNCCCOC(C)C.Cl. The summed E-state index contributed by atoms with van der Waals surface area (Å²) >= 11 is 6.01. The summed E-state index contributed by atoms with van der Waals surface area (Å²) in [5, 5.41) is 4.12. The van der Waals surface area contributed by atoms with Gasteiger partial charge in [0.1, 0.15) is 5.75 Å². The number of rotatable bonds is 9. The molecule has 0 aromatic heterocycles. The molecule has 0 radical (unpaired) electrons. The average Bonchev–Trinajstić information content (AvgIpc) is 2.36. The smallest absolute Gasteiger partial charge is 0.123 e. The first kappa shape index (κ1) is 19.5. The quantitative estimate of drug-likeness (QED) is 0.695. The van der Waals surface area contributed by atoms with E-state index in [4.69, 9.17) is 21.1 Å². The van der Waals surface area contributed by atoms with Crippen molar-refractivity contribution in [1.29, 1.82) is 0 Å². The molecule has 0 aliphatic heterocycles. The normalized spacial score (nSPS) is 10.4. The van der Waals surface area contributed by atoms with E-state index >= 15 is 0 Å². The summed E-state index contributed by atoms with van der Waals surface area (Å²) in [4.78, 5) is 0. The van der Waals surface area contributed by atoms with Crippen LogP contribution in [0, 0.1) is 0 Å². The molecule has 20 heavy (non-hydrogen) atoms. The van der Waals surface area contributed by atoms with Crippen molar-refractivity contribution in [1.82, 2.24) is 5.32 Å². The molecule has 0 unspecified atom stereocenters. The molecule has 1 aromatic rings. The fourth-order valence-corrected chi connectivity index (χ4v) is 1.92. The summed E-state index contributed by atoms with van der Waals surface area (Å²) in [5.74, 6) is 0.901. The third-order valence-corrected chi connectivity index (χ3v) is 2.82. The Hall–Kier alpha value is -0.480. The number of hydrogen-bond acceptors (Lipinski definition) is 3. The fourth-order valence-electron chi connectivity index (χ4n) is 1.72. The Morgan fingerprint density at radius 1 is 1.30 bits per heavy atom. The number of benzene rings is 1. The predicted octanol–water partition coefficient (Wildman–Crippen LogP) is 4.07. The molecule has 3 nitrogen and oxygen atoms in total. The third-order valence-electron chi connectivity index (χ3n) is 2.59. The van der Waals surface area contributed by atoms with Crippen LogP contribution in [0.1, 0.15) is 32.8 Å². The molecule has 116 valence electrons. The summed E-state index contributed by atoms with van der Waals surface area (Å²) in [7, 11) is 0.